The van der Waals surface area contributed by atoms with Gasteiger partial charge in [-0.15, -0.1) is 0 Å². The highest BCUT2D eigenvalue weighted by atomic mass is 16.5. The zero-order chi connectivity index (χ0) is 14.9. The second-order valence-electron chi connectivity index (χ2n) is 5.97. The third-order valence-corrected chi connectivity index (χ3v) is 4.49. The topological polar surface area (TPSA) is 38.5 Å². The van der Waals surface area contributed by atoms with Crippen molar-refractivity contribution < 1.29 is 4.74 Å². The molecular formula is C18H30N2O. The van der Waals surface area contributed by atoms with Crippen molar-refractivity contribution >= 4 is 0 Å². The van der Waals surface area contributed by atoms with Crippen molar-refractivity contribution in [3.05, 3.63) is 29.8 Å². The van der Waals surface area contributed by atoms with E-state index in [-0.39, 0.29) is 0 Å². The molecule has 21 heavy (non-hydrogen) atoms. The highest BCUT2D eigenvalue weighted by Gasteiger charge is 2.19. The van der Waals surface area contributed by atoms with Gasteiger partial charge in [0.05, 0.1) is 6.61 Å². The zero-order valence-corrected chi connectivity index (χ0v) is 13.4. The molecule has 1 fully saturated rings. The van der Waals surface area contributed by atoms with Gasteiger partial charge >= 0.3 is 0 Å². The molecule has 0 atom stereocenters. The fraction of sp³-hybridized carbons (Fsp3) is 0.667. The van der Waals surface area contributed by atoms with Crippen LogP contribution in [0.4, 0.5) is 0 Å². The first kappa shape index (κ1) is 16.3. The van der Waals surface area contributed by atoms with Gasteiger partial charge in [-0.25, -0.2) is 0 Å². The molecule has 3 heteroatoms. The summed E-state index contributed by atoms with van der Waals surface area (Å²) in [4.78, 5) is 2.64. The quantitative estimate of drug-likeness (QED) is 0.744. The van der Waals surface area contributed by atoms with E-state index >= 15 is 0 Å². The monoisotopic (exact) mass is 290 g/mol. The van der Waals surface area contributed by atoms with E-state index in [0.29, 0.717) is 6.54 Å². The van der Waals surface area contributed by atoms with Crippen LogP contribution >= 0.6 is 0 Å². The molecule has 0 aromatic heterocycles. The lowest BCUT2D eigenvalue weighted by Crippen LogP contribution is -2.37. The molecule has 0 heterocycles. The number of benzene rings is 1. The third-order valence-electron chi connectivity index (χ3n) is 4.49. The molecule has 0 spiro atoms. The van der Waals surface area contributed by atoms with E-state index in [1.54, 1.807) is 0 Å². The first-order valence-corrected chi connectivity index (χ1v) is 8.49. The highest BCUT2D eigenvalue weighted by molar-refractivity contribution is 5.28. The normalized spacial score (nSPS) is 16.3. The molecular weight excluding hydrogens is 260 g/mol. The number of ether oxygens (including phenoxy) is 1. The van der Waals surface area contributed by atoms with Gasteiger partial charge in [0.2, 0.25) is 0 Å². The van der Waals surface area contributed by atoms with E-state index in [1.807, 2.05) is 24.3 Å². The van der Waals surface area contributed by atoms with Gasteiger partial charge in [0.25, 0.3) is 0 Å². The van der Waals surface area contributed by atoms with Crippen molar-refractivity contribution in [2.24, 2.45) is 5.73 Å². The van der Waals surface area contributed by atoms with E-state index in [2.05, 4.69) is 11.8 Å². The molecule has 2 rings (SSSR count). The molecule has 1 aliphatic carbocycles. The molecule has 1 aromatic carbocycles. The Hall–Kier alpha value is -1.06. The maximum atomic E-state index is 5.85. The first-order valence-electron chi connectivity index (χ1n) is 8.49. The van der Waals surface area contributed by atoms with Crippen LogP contribution in [0.2, 0.25) is 0 Å². The summed E-state index contributed by atoms with van der Waals surface area (Å²) in [5.74, 6) is 0.943. The molecule has 0 amide bonds. The van der Waals surface area contributed by atoms with Crippen LogP contribution in [0, 0.1) is 0 Å². The molecule has 1 aromatic rings. The molecule has 0 unspecified atom stereocenters. The van der Waals surface area contributed by atoms with E-state index in [0.717, 1.165) is 43.5 Å². The summed E-state index contributed by atoms with van der Waals surface area (Å²) in [6.45, 7) is 5.95. The van der Waals surface area contributed by atoms with Gasteiger partial charge in [0.1, 0.15) is 5.75 Å². The van der Waals surface area contributed by atoms with Crippen LogP contribution in [-0.4, -0.2) is 30.6 Å². The number of rotatable bonds is 8. The molecule has 3 nitrogen and oxygen atoms in total. The Kier molecular flexibility index (Phi) is 7.04. The zero-order valence-electron chi connectivity index (χ0n) is 13.4. The average Bonchev–Trinajstić information content (AvgIpc) is 2.56. The van der Waals surface area contributed by atoms with E-state index in [9.17, 15) is 0 Å². The summed E-state index contributed by atoms with van der Waals surface area (Å²) >= 11 is 0. The Morgan fingerprint density at radius 1 is 1.24 bits per heavy atom. The summed E-state index contributed by atoms with van der Waals surface area (Å²) in [6, 6.07) is 8.91. The lowest BCUT2D eigenvalue weighted by molar-refractivity contribution is 0.152. The van der Waals surface area contributed by atoms with Gasteiger partial charge < -0.3 is 15.4 Å². The summed E-state index contributed by atoms with van der Waals surface area (Å²) in [6.07, 6.45) is 8.10. The summed E-state index contributed by atoms with van der Waals surface area (Å²) < 4.78 is 5.85. The van der Waals surface area contributed by atoms with Gasteiger partial charge in [-0.3, -0.25) is 0 Å². The smallest absolute Gasteiger partial charge is 0.119 e. The molecule has 118 valence electrons. The summed E-state index contributed by atoms with van der Waals surface area (Å²) in [7, 11) is 0. The SMILES string of the molecule is CCN(CCCOc1cccc(CN)c1)C1CCCCC1. The molecule has 1 saturated carbocycles. The van der Waals surface area contributed by atoms with Crippen LogP contribution in [0.15, 0.2) is 24.3 Å². The van der Waals surface area contributed by atoms with E-state index in [4.69, 9.17) is 10.5 Å². The van der Waals surface area contributed by atoms with Gasteiger partial charge in [-0.2, -0.15) is 0 Å². The summed E-state index contributed by atoms with van der Waals surface area (Å²) in [5, 5.41) is 0. The molecule has 0 radical (unpaired) electrons. The maximum absolute atomic E-state index is 5.85. The third kappa shape index (κ3) is 5.33. The second-order valence-corrected chi connectivity index (χ2v) is 5.97. The number of hydrogen-bond donors (Lipinski definition) is 1. The largest absolute Gasteiger partial charge is 0.494 e. The molecule has 0 saturated heterocycles. The van der Waals surface area contributed by atoms with E-state index in [1.165, 1.54) is 32.1 Å². The number of hydrogen-bond acceptors (Lipinski definition) is 3. The van der Waals surface area contributed by atoms with Crippen LogP contribution in [0.5, 0.6) is 5.75 Å². The second kappa shape index (κ2) is 9.06. The standard InChI is InChI=1S/C18H30N2O/c1-2-20(17-9-4-3-5-10-17)12-7-13-21-18-11-6-8-16(14-18)15-19/h6,8,11,14,17H,2-5,7,9-10,12-13,15,19H2,1H3. The van der Waals surface area contributed by atoms with Crippen LogP contribution in [0.25, 0.3) is 0 Å². The van der Waals surface area contributed by atoms with Crippen LogP contribution in [0.1, 0.15) is 51.0 Å². The maximum Gasteiger partial charge on any atom is 0.119 e. The van der Waals surface area contributed by atoms with Crippen molar-refractivity contribution in [1.82, 2.24) is 4.90 Å². The fourth-order valence-electron chi connectivity index (χ4n) is 3.26. The van der Waals surface area contributed by atoms with Crippen LogP contribution in [-0.2, 0) is 6.54 Å². The van der Waals surface area contributed by atoms with Gasteiger partial charge in [0, 0.05) is 19.1 Å². The Morgan fingerprint density at radius 3 is 2.76 bits per heavy atom. The van der Waals surface area contributed by atoms with Crippen molar-refractivity contribution in [3.8, 4) is 5.75 Å². The average molecular weight is 290 g/mol. The lowest BCUT2D eigenvalue weighted by atomic mass is 9.94. The van der Waals surface area contributed by atoms with Crippen molar-refractivity contribution in [1.29, 1.82) is 0 Å². The Bertz CT molecular complexity index is 402. The minimum absolute atomic E-state index is 0.572. The minimum Gasteiger partial charge on any atom is -0.494 e. The summed E-state index contributed by atoms with van der Waals surface area (Å²) in [5.41, 5.74) is 6.78. The predicted octanol–water partition coefficient (Wildman–Crippen LogP) is 3.57. The Balaban J connectivity index is 1.69. The molecule has 2 N–H and O–H groups in total. The minimum atomic E-state index is 0.572. The number of nitrogens with zero attached hydrogens (tertiary/aromatic N) is 1. The van der Waals surface area contributed by atoms with Crippen LogP contribution in [0.3, 0.4) is 0 Å². The van der Waals surface area contributed by atoms with E-state index < -0.39 is 0 Å². The van der Waals surface area contributed by atoms with Crippen molar-refractivity contribution in [2.75, 3.05) is 19.7 Å². The number of nitrogens with two attached hydrogens (primary N) is 1. The van der Waals surface area contributed by atoms with Crippen molar-refractivity contribution in [2.45, 2.75) is 58.0 Å². The van der Waals surface area contributed by atoms with Gasteiger partial charge in [-0.1, -0.05) is 38.3 Å². The lowest BCUT2D eigenvalue weighted by Gasteiger charge is -2.33. The van der Waals surface area contributed by atoms with Crippen LogP contribution < -0.4 is 10.5 Å². The molecule has 0 aliphatic heterocycles. The predicted molar refractivity (Wildman–Crippen MR) is 88.6 cm³/mol. The highest BCUT2D eigenvalue weighted by Crippen LogP contribution is 2.22. The molecule has 1 aliphatic rings. The first-order chi connectivity index (χ1) is 10.3. The van der Waals surface area contributed by atoms with Gasteiger partial charge in [-0.05, 0) is 43.5 Å². The fourth-order valence-corrected chi connectivity index (χ4v) is 3.26. The van der Waals surface area contributed by atoms with Crippen molar-refractivity contribution in [3.63, 3.8) is 0 Å². The van der Waals surface area contributed by atoms with Gasteiger partial charge in [0.15, 0.2) is 0 Å². The Labute approximate surface area is 129 Å². The molecule has 0 bridgehead atoms. The Morgan fingerprint density at radius 2 is 2.05 bits per heavy atom.